The highest BCUT2D eigenvalue weighted by Gasteiger charge is 2.45. The highest BCUT2D eigenvalue weighted by molar-refractivity contribution is 6.17. The number of alkyl halides is 12. The third-order valence-corrected chi connectivity index (χ3v) is 28.0. The third kappa shape index (κ3) is 13.9. The molecule has 6 heterocycles. The van der Waals surface area contributed by atoms with Crippen molar-refractivity contribution in [3.8, 4) is 68.5 Å². The van der Waals surface area contributed by atoms with Gasteiger partial charge in [0.15, 0.2) is 0 Å². The van der Waals surface area contributed by atoms with E-state index in [4.69, 9.17) is 0 Å². The summed E-state index contributed by atoms with van der Waals surface area (Å²) in [4.78, 5) is 0. The van der Waals surface area contributed by atoms with Gasteiger partial charge in [-0.1, -0.05) is 222 Å². The number of para-hydroxylation sites is 5. The summed E-state index contributed by atoms with van der Waals surface area (Å²) in [5.41, 5.74) is 3.21. The van der Waals surface area contributed by atoms with Crippen LogP contribution in [0, 0.1) is 22.7 Å². The van der Waals surface area contributed by atoms with E-state index < -0.39 is 91.2 Å². The lowest BCUT2D eigenvalue weighted by Gasteiger charge is -2.26. The van der Waals surface area contributed by atoms with Crippen LogP contribution in [0.25, 0.3) is 187 Å². The monoisotopic (exact) mass is 1840 g/mol. The Hall–Kier alpha value is -15.5. The standard InChI is InChI=1S/C118H86F12N8/c1-111(2,3)69-39-48-99-85(55-69)86-56-70(112(4,5)6)40-49-100(86)135(99)105-53-67(64-131)82(109-89(115(119,120)121)29-22-30-90(109)116(122,123)124)61-107(105)136-101-50-41-71(113(7,8)9)57-87(101)88-58-72(42-51-102(88)136)114(10,11)63-66-38-47-98-84(52-66)79-28-16-19-35-95(79)134(98)74-44-46-80-77-26-14-20-36-96(77)137(103(80)60-74)106-54-68(65-132)83(110-91(117(125,126)127)31-23-32-92(110)118(128,129)130)62-108(106)138-97-37-21-15-27-78(97)81-45-43-73(59-104(81)138)133-93-33-17-12-24-75(93)76-25-13-18-34-94(76)133/h12-62H,63H2,1-11H3. The molecule has 0 aliphatic rings. The van der Waals surface area contributed by atoms with Crippen LogP contribution in [0.15, 0.2) is 309 Å². The molecule has 0 amide bonds. The molecule has 22 rings (SSSR count). The van der Waals surface area contributed by atoms with Crippen LogP contribution in [0.5, 0.6) is 0 Å². The molecule has 6 aromatic heterocycles. The van der Waals surface area contributed by atoms with Gasteiger partial charge in [0.05, 0.1) is 134 Å². The zero-order chi connectivity index (χ0) is 96.6. The maximum atomic E-state index is 15.8. The van der Waals surface area contributed by atoms with Gasteiger partial charge in [0.1, 0.15) is 0 Å². The summed E-state index contributed by atoms with van der Waals surface area (Å²) >= 11 is 0. The summed E-state index contributed by atoms with van der Waals surface area (Å²) in [6.07, 6.45) is -20.8. The Morgan fingerprint density at radius 2 is 0.478 bits per heavy atom. The van der Waals surface area contributed by atoms with E-state index in [-0.39, 0.29) is 27.9 Å². The number of aromatic nitrogens is 6. The molecule has 0 atom stereocenters. The Morgan fingerprint density at radius 3 is 0.797 bits per heavy atom. The van der Waals surface area contributed by atoms with Gasteiger partial charge >= 0.3 is 24.7 Å². The van der Waals surface area contributed by atoms with Crippen LogP contribution in [0.2, 0.25) is 0 Å². The molecule has 138 heavy (non-hydrogen) atoms. The van der Waals surface area contributed by atoms with Crippen LogP contribution in [0.1, 0.15) is 137 Å². The minimum absolute atomic E-state index is 0.166. The number of halogens is 12. The molecule has 0 saturated heterocycles. The Labute approximate surface area is 784 Å². The van der Waals surface area contributed by atoms with Gasteiger partial charge in [-0.05, 0) is 220 Å². The van der Waals surface area contributed by atoms with E-state index in [2.05, 4.69) is 146 Å². The maximum absolute atomic E-state index is 15.8. The lowest BCUT2D eigenvalue weighted by molar-refractivity contribution is -0.143. The van der Waals surface area contributed by atoms with E-state index in [1.165, 1.54) is 24.3 Å². The summed E-state index contributed by atoms with van der Waals surface area (Å²) in [5.74, 6) is 0. The fourth-order valence-electron chi connectivity index (χ4n) is 21.4. The van der Waals surface area contributed by atoms with Crippen molar-refractivity contribution in [2.75, 3.05) is 0 Å². The quantitative estimate of drug-likeness (QED) is 0.121. The fourth-order valence-corrected chi connectivity index (χ4v) is 21.4. The van der Waals surface area contributed by atoms with Gasteiger partial charge < -0.3 is 27.4 Å². The van der Waals surface area contributed by atoms with Crippen LogP contribution in [0.3, 0.4) is 0 Å². The largest absolute Gasteiger partial charge is 0.417 e. The predicted molar refractivity (Wildman–Crippen MR) is 532 cm³/mol. The highest BCUT2D eigenvalue weighted by Crippen LogP contribution is 2.54. The lowest BCUT2D eigenvalue weighted by atomic mass is 9.78. The van der Waals surface area contributed by atoms with Gasteiger partial charge in [-0.15, -0.1) is 0 Å². The molecule has 0 N–H and O–H groups in total. The van der Waals surface area contributed by atoms with Crippen molar-refractivity contribution < 1.29 is 52.7 Å². The first kappa shape index (κ1) is 87.8. The van der Waals surface area contributed by atoms with Crippen molar-refractivity contribution in [2.24, 2.45) is 0 Å². The van der Waals surface area contributed by atoms with Crippen LogP contribution < -0.4 is 0 Å². The van der Waals surface area contributed by atoms with Gasteiger partial charge in [0.25, 0.3) is 0 Å². The number of fused-ring (bicyclic) bond motifs is 18. The molecule has 22 aromatic rings. The van der Waals surface area contributed by atoms with Gasteiger partial charge in [-0.2, -0.15) is 63.2 Å². The van der Waals surface area contributed by atoms with Crippen molar-refractivity contribution in [3.05, 3.63) is 371 Å². The van der Waals surface area contributed by atoms with Crippen molar-refractivity contribution in [2.45, 2.75) is 129 Å². The van der Waals surface area contributed by atoms with E-state index in [1.54, 1.807) is 0 Å². The summed E-state index contributed by atoms with van der Waals surface area (Å²) in [5, 5.41) is 33.0. The molecule has 0 aliphatic heterocycles. The number of benzene rings is 16. The summed E-state index contributed by atoms with van der Waals surface area (Å²) in [6.45, 7) is 23.3. The van der Waals surface area contributed by atoms with Crippen molar-refractivity contribution in [1.29, 1.82) is 10.5 Å². The number of nitriles is 2. The van der Waals surface area contributed by atoms with Gasteiger partial charge in [-0.25, -0.2) is 0 Å². The maximum Gasteiger partial charge on any atom is 0.417 e. The smallest absolute Gasteiger partial charge is 0.309 e. The van der Waals surface area contributed by atoms with E-state index in [1.807, 2.05) is 218 Å². The number of hydrogen-bond donors (Lipinski definition) is 0. The molecule has 0 spiro atoms. The minimum Gasteiger partial charge on any atom is -0.309 e. The fraction of sp³-hybridized carbons (Fsp3) is 0.169. The normalized spacial score (nSPS) is 13.1. The molecule has 0 radical (unpaired) electrons. The van der Waals surface area contributed by atoms with E-state index >= 15 is 52.7 Å². The molecule has 0 aliphatic carbocycles. The Morgan fingerprint density at radius 1 is 0.225 bits per heavy atom. The average molecular weight is 1840 g/mol. The van der Waals surface area contributed by atoms with Crippen molar-refractivity contribution in [1.82, 2.24) is 27.4 Å². The summed E-state index contributed by atoms with van der Waals surface area (Å²) < 4.78 is 201. The first-order valence-corrected chi connectivity index (χ1v) is 45.5. The first-order chi connectivity index (χ1) is 65.5. The van der Waals surface area contributed by atoms with Crippen LogP contribution in [-0.2, 0) is 52.8 Å². The molecule has 0 bridgehead atoms. The van der Waals surface area contributed by atoms with Crippen molar-refractivity contribution in [3.63, 3.8) is 0 Å². The molecular formula is C118H86F12N8. The Kier molecular flexibility index (Phi) is 19.6. The second kappa shape index (κ2) is 30.7. The second-order valence-electron chi connectivity index (χ2n) is 40.0. The van der Waals surface area contributed by atoms with Crippen LogP contribution in [-0.4, -0.2) is 27.4 Å². The van der Waals surface area contributed by atoms with Gasteiger partial charge in [-0.3, -0.25) is 0 Å². The first-order valence-electron chi connectivity index (χ1n) is 45.5. The van der Waals surface area contributed by atoms with Crippen molar-refractivity contribution >= 4 is 131 Å². The lowest BCUT2D eigenvalue weighted by Crippen LogP contribution is -2.20. The van der Waals surface area contributed by atoms with Gasteiger partial charge in [0.2, 0.25) is 0 Å². The minimum atomic E-state index is -5.32. The number of nitrogens with zero attached hydrogens (tertiary/aromatic N) is 8. The van der Waals surface area contributed by atoms with Crippen LogP contribution >= 0.6 is 0 Å². The zero-order valence-electron chi connectivity index (χ0n) is 76.8. The molecule has 16 aromatic carbocycles. The highest BCUT2D eigenvalue weighted by atomic mass is 19.4. The molecule has 8 nitrogen and oxygen atoms in total. The molecule has 0 fully saturated rings. The SMILES string of the molecule is CC(C)(C)c1ccc2c(c1)c1cc(C(C)(C)C)ccc1n2-c1cc(C#N)c(-c2c(C(F)(F)F)cccc2C(F)(F)F)cc1-n1c2ccc(C(C)(C)C)cc2c2cc(C(C)(C)Cc3ccc4c(c3)c3ccccc3n4-c3ccc4c5ccccc5n(-c5cc(C#N)c(-c6c(C(F)(F)F)cccc6C(F)(F)F)cc5-n5c6ccccc6c6ccc(-n7c8ccccc8c8ccccc87)cc65)c4c3)ccc21. The Bertz CT molecular complexity index is 8870. The molecule has 20 heteroatoms. The van der Waals surface area contributed by atoms with Gasteiger partial charge in [0, 0.05) is 98.3 Å². The van der Waals surface area contributed by atoms with Crippen LogP contribution in [0.4, 0.5) is 52.7 Å². The topological polar surface area (TPSA) is 77.2 Å². The van der Waals surface area contributed by atoms with E-state index in [9.17, 15) is 10.5 Å². The molecule has 682 valence electrons. The summed E-state index contributed by atoms with van der Waals surface area (Å²) in [7, 11) is 0. The number of rotatable bonds is 11. The summed E-state index contributed by atoms with van der Waals surface area (Å²) in [6, 6.07) is 95.7. The third-order valence-electron chi connectivity index (χ3n) is 28.0. The van der Waals surface area contributed by atoms with E-state index in [0.29, 0.717) is 86.2 Å². The molecular weight excluding hydrogens is 1760 g/mol. The average Bonchev–Trinajstić information content (AvgIpc) is 1.52. The van der Waals surface area contributed by atoms with E-state index in [0.717, 1.165) is 132 Å². The number of hydrogen-bond acceptors (Lipinski definition) is 2. The predicted octanol–water partition coefficient (Wildman–Crippen LogP) is 33.8. The molecule has 0 saturated carbocycles. The second-order valence-corrected chi connectivity index (χ2v) is 40.0. The zero-order valence-corrected chi connectivity index (χ0v) is 76.8. The Balaban J connectivity index is 0.723. The molecule has 0 unspecified atom stereocenters.